The van der Waals surface area contributed by atoms with Crippen LogP contribution in [0.1, 0.15) is 51.7 Å². The van der Waals surface area contributed by atoms with Gasteiger partial charge in [0, 0.05) is 10.9 Å². The normalized spacial score (nSPS) is 14.2. The van der Waals surface area contributed by atoms with Gasteiger partial charge in [0.25, 0.3) is 0 Å². The zero-order valence-electron chi connectivity index (χ0n) is 13.4. The van der Waals surface area contributed by atoms with Crippen LogP contribution >= 0.6 is 23.4 Å². The van der Waals surface area contributed by atoms with E-state index in [0.29, 0.717) is 6.42 Å². The highest BCUT2D eigenvalue weighted by Gasteiger charge is 2.32. The molecule has 1 atom stereocenters. The van der Waals surface area contributed by atoms with Crippen LogP contribution in [0, 0.1) is 0 Å². The molecule has 1 aromatic carbocycles. The number of benzene rings is 1. The van der Waals surface area contributed by atoms with Gasteiger partial charge in [0.1, 0.15) is 0 Å². The second-order valence-corrected chi connectivity index (χ2v) is 8.11. The minimum absolute atomic E-state index is 0.0809. The van der Waals surface area contributed by atoms with Crippen molar-refractivity contribution < 1.29 is 13.2 Å². The quantitative estimate of drug-likeness (QED) is 0.665. The van der Waals surface area contributed by atoms with Crippen LogP contribution in [0.3, 0.4) is 0 Å². The number of thioether (sulfide) groups is 1. The number of alkyl halides is 3. The standard InChI is InChI=1S/C16H23ClF3NS/c1-10(21)6-5-7-11-8-12(15(2,3)4)14(17)13(9-11)22-16(18,19)20/h8-10H,5-7,21H2,1-4H3/t10-/m0/s1. The molecular formula is C16H23ClF3NS. The summed E-state index contributed by atoms with van der Waals surface area (Å²) in [4.78, 5) is 0.0809. The van der Waals surface area contributed by atoms with E-state index in [0.717, 1.165) is 24.0 Å². The molecule has 2 N–H and O–H groups in total. The van der Waals surface area contributed by atoms with Crippen molar-refractivity contribution in [2.45, 2.75) is 68.8 Å². The molecule has 0 spiro atoms. The van der Waals surface area contributed by atoms with Gasteiger partial charge in [0.2, 0.25) is 0 Å². The predicted molar refractivity (Wildman–Crippen MR) is 88.7 cm³/mol. The minimum atomic E-state index is -4.34. The van der Waals surface area contributed by atoms with Crippen molar-refractivity contribution in [1.82, 2.24) is 0 Å². The Morgan fingerprint density at radius 1 is 1.23 bits per heavy atom. The molecule has 6 heteroatoms. The molecule has 0 aliphatic heterocycles. The monoisotopic (exact) mass is 353 g/mol. The minimum Gasteiger partial charge on any atom is -0.328 e. The van der Waals surface area contributed by atoms with Crippen LogP contribution in [0.4, 0.5) is 13.2 Å². The lowest BCUT2D eigenvalue weighted by Crippen LogP contribution is -2.15. The summed E-state index contributed by atoms with van der Waals surface area (Å²) in [5.41, 5.74) is 2.69. The third-order valence-electron chi connectivity index (χ3n) is 3.26. The Morgan fingerprint density at radius 2 is 1.82 bits per heavy atom. The molecule has 1 aromatic rings. The first kappa shape index (κ1) is 19.7. The second kappa shape index (κ2) is 7.45. The summed E-state index contributed by atoms with van der Waals surface area (Å²) in [5, 5.41) is 0.200. The number of halogens is 4. The van der Waals surface area contributed by atoms with Gasteiger partial charge in [-0.25, -0.2) is 0 Å². The summed E-state index contributed by atoms with van der Waals surface area (Å²) in [6, 6.07) is 3.57. The van der Waals surface area contributed by atoms with E-state index in [2.05, 4.69) is 0 Å². The molecule has 0 aliphatic carbocycles. The average molecular weight is 354 g/mol. The lowest BCUT2D eigenvalue weighted by Gasteiger charge is -2.24. The van der Waals surface area contributed by atoms with Crippen molar-refractivity contribution in [1.29, 1.82) is 0 Å². The fourth-order valence-corrected chi connectivity index (χ4v) is 3.34. The smallest absolute Gasteiger partial charge is 0.328 e. The topological polar surface area (TPSA) is 26.0 Å². The van der Waals surface area contributed by atoms with Crippen molar-refractivity contribution in [2.75, 3.05) is 0 Å². The third-order valence-corrected chi connectivity index (χ3v) is 4.55. The molecule has 0 unspecified atom stereocenters. The fraction of sp³-hybridized carbons (Fsp3) is 0.625. The highest BCUT2D eigenvalue weighted by Crippen LogP contribution is 2.44. The lowest BCUT2D eigenvalue weighted by atomic mass is 9.85. The van der Waals surface area contributed by atoms with Gasteiger partial charge in [-0.1, -0.05) is 38.4 Å². The van der Waals surface area contributed by atoms with Crippen LogP contribution in [0.25, 0.3) is 0 Å². The Hall–Kier alpha value is -0.390. The number of hydrogen-bond acceptors (Lipinski definition) is 2. The second-order valence-electron chi connectivity index (χ2n) is 6.62. The summed E-state index contributed by atoms with van der Waals surface area (Å²) >= 11 is 6.07. The van der Waals surface area contributed by atoms with Gasteiger partial charge in [-0.3, -0.25) is 0 Å². The van der Waals surface area contributed by atoms with Crippen LogP contribution in [0.2, 0.25) is 5.02 Å². The molecule has 0 saturated carbocycles. The van der Waals surface area contributed by atoms with E-state index >= 15 is 0 Å². The van der Waals surface area contributed by atoms with Gasteiger partial charge >= 0.3 is 5.51 Å². The maximum absolute atomic E-state index is 12.7. The van der Waals surface area contributed by atoms with Gasteiger partial charge in [0.05, 0.1) is 5.02 Å². The Morgan fingerprint density at radius 3 is 2.27 bits per heavy atom. The van der Waals surface area contributed by atoms with Gasteiger partial charge < -0.3 is 5.73 Å². The SMILES string of the molecule is C[C@H](N)CCCc1cc(SC(F)(F)F)c(Cl)c(C(C)(C)C)c1. The summed E-state index contributed by atoms with van der Waals surface area (Å²) in [5.74, 6) is 0. The van der Waals surface area contributed by atoms with Gasteiger partial charge in [0.15, 0.2) is 0 Å². The van der Waals surface area contributed by atoms with Crippen molar-refractivity contribution in [3.8, 4) is 0 Å². The molecule has 0 amide bonds. The molecule has 0 radical (unpaired) electrons. The van der Waals surface area contributed by atoms with E-state index in [9.17, 15) is 13.2 Å². The Bertz CT molecular complexity index is 507. The summed E-state index contributed by atoms with van der Waals surface area (Å²) < 4.78 is 38.2. The first-order valence-corrected chi connectivity index (χ1v) is 8.44. The van der Waals surface area contributed by atoms with E-state index < -0.39 is 5.51 Å². The maximum Gasteiger partial charge on any atom is 0.446 e. The van der Waals surface area contributed by atoms with Crippen LogP contribution in [0.15, 0.2) is 17.0 Å². The van der Waals surface area contributed by atoms with Crippen LogP contribution < -0.4 is 5.73 Å². The number of rotatable bonds is 5. The molecule has 0 bridgehead atoms. The molecule has 22 heavy (non-hydrogen) atoms. The molecule has 126 valence electrons. The highest BCUT2D eigenvalue weighted by molar-refractivity contribution is 8.00. The maximum atomic E-state index is 12.7. The van der Waals surface area contributed by atoms with Crippen molar-refractivity contribution >= 4 is 23.4 Å². The Balaban J connectivity index is 3.14. The Kier molecular flexibility index (Phi) is 6.66. The van der Waals surface area contributed by atoms with Crippen molar-refractivity contribution in [2.24, 2.45) is 5.73 Å². The van der Waals surface area contributed by atoms with Crippen LogP contribution in [-0.4, -0.2) is 11.6 Å². The fourth-order valence-electron chi connectivity index (χ4n) is 2.17. The molecule has 0 aliphatic rings. The first-order chi connectivity index (χ1) is 9.90. The van der Waals surface area contributed by atoms with E-state index in [-0.39, 0.29) is 33.1 Å². The van der Waals surface area contributed by atoms with Gasteiger partial charge in [-0.15, -0.1) is 0 Å². The van der Waals surface area contributed by atoms with Crippen molar-refractivity contribution in [3.63, 3.8) is 0 Å². The van der Waals surface area contributed by atoms with Gasteiger partial charge in [-0.05, 0) is 60.6 Å². The predicted octanol–water partition coefficient (Wildman–Crippen LogP) is 5.92. The summed E-state index contributed by atoms with van der Waals surface area (Å²) in [6.07, 6.45) is 2.39. The molecule has 1 nitrogen and oxygen atoms in total. The van der Waals surface area contributed by atoms with Gasteiger partial charge in [-0.2, -0.15) is 13.2 Å². The number of hydrogen-bond donors (Lipinski definition) is 1. The van der Waals surface area contributed by atoms with E-state index in [4.69, 9.17) is 17.3 Å². The molecule has 0 aromatic heterocycles. The highest BCUT2D eigenvalue weighted by atomic mass is 35.5. The lowest BCUT2D eigenvalue weighted by molar-refractivity contribution is -0.0328. The van der Waals surface area contributed by atoms with Crippen LogP contribution in [0.5, 0.6) is 0 Å². The largest absolute Gasteiger partial charge is 0.446 e. The zero-order valence-corrected chi connectivity index (χ0v) is 14.9. The van der Waals surface area contributed by atoms with E-state index in [1.54, 1.807) is 6.07 Å². The summed E-state index contributed by atoms with van der Waals surface area (Å²) in [6.45, 7) is 7.76. The van der Waals surface area contributed by atoms with E-state index in [1.807, 2.05) is 33.8 Å². The molecule has 1 rings (SSSR count). The molecular weight excluding hydrogens is 331 g/mol. The van der Waals surface area contributed by atoms with Crippen LogP contribution in [-0.2, 0) is 11.8 Å². The Labute approximate surface area is 139 Å². The van der Waals surface area contributed by atoms with E-state index in [1.165, 1.54) is 0 Å². The number of aryl methyl sites for hydroxylation is 1. The average Bonchev–Trinajstić information content (AvgIpc) is 2.29. The number of nitrogens with two attached hydrogens (primary N) is 1. The zero-order chi connectivity index (χ0) is 17.1. The molecule has 0 heterocycles. The summed E-state index contributed by atoms with van der Waals surface area (Å²) in [7, 11) is 0. The molecule has 0 saturated heterocycles. The first-order valence-electron chi connectivity index (χ1n) is 7.24. The molecule has 0 fully saturated rings. The third kappa shape index (κ3) is 6.39. The van der Waals surface area contributed by atoms with Crippen molar-refractivity contribution in [3.05, 3.63) is 28.3 Å².